The number of allylic oxidation sites excluding steroid dienone is 4. The first-order chi connectivity index (χ1) is 13.3. The van der Waals surface area contributed by atoms with Crippen molar-refractivity contribution in [3.05, 3.63) is 24.3 Å². The molecule has 0 heteroatoms. The first-order valence-corrected chi connectivity index (χ1v) is 12.6. The lowest BCUT2D eigenvalue weighted by molar-refractivity contribution is 0.154. The molecule has 3 aliphatic carbocycles. The molecule has 3 aliphatic rings. The minimum Gasteiger partial charge on any atom is -0.0914 e. The SMILES string of the molecule is CC=C[C@H]1CC[C@H](CCC=C[C@H]2CC[C@H]([C@H]3CC[C@H](CC)CC3)CC2)CC1. The van der Waals surface area contributed by atoms with Crippen molar-refractivity contribution in [3.8, 4) is 0 Å². The predicted molar refractivity (Wildman–Crippen MR) is 120 cm³/mol. The van der Waals surface area contributed by atoms with Crippen LogP contribution in [0.3, 0.4) is 0 Å². The second-order valence-corrected chi connectivity index (χ2v) is 10.2. The number of rotatable bonds is 7. The van der Waals surface area contributed by atoms with Gasteiger partial charge in [0.15, 0.2) is 0 Å². The Labute approximate surface area is 170 Å². The second kappa shape index (κ2) is 11.5. The van der Waals surface area contributed by atoms with Crippen molar-refractivity contribution in [3.63, 3.8) is 0 Å². The molecule has 0 aliphatic heterocycles. The first-order valence-electron chi connectivity index (χ1n) is 12.6. The molecule has 3 rings (SSSR count). The highest BCUT2D eigenvalue weighted by Crippen LogP contribution is 2.42. The average molecular weight is 371 g/mol. The summed E-state index contributed by atoms with van der Waals surface area (Å²) in [5.74, 6) is 5.99. The molecule has 0 aromatic carbocycles. The third-order valence-corrected chi connectivity index (χ3v) is 8.46. The molecule has 154 valence electrons. The monoisotopic (exact) mass is 370 g/mol. The van der Waals surface area contributed by atoms with Gasteiger partial charge >= 0.3 is 0 Å². The van der Waals surface area contributed by atoms with Crippen molar-refractivity contribution < 1.29 is 0 Å². The quantitative estimate of drug-likeness (QED) is 0.393. The molecule has 0 unspecified atom stereocenters. The fourth-order valence-corrected chi connectivity index (χ4v) is 6.44. The van der Waals surface area contributed by atoms with Gasteiger partial charge in [-0.2, -0.15) is 0 Å². The van der Waals surface area contributed by atoms with Gasteiger partial charge in [0.05, 0.1) is 0 Å². The summed E-state index contributed by atoms with van der Waals surface area (Å²) >= 11 is 0. The van der Waals surface area contributed by atoms with Gasteiger partial charge in [-0.1, -0.05) is 50.5 Å². The van der Waals surface area contributed by atoms with E-state index in [4.69, 9.17) is 0 Å². The van der Waals surface area contributed by atoms with E-state index in [2.05, 4.69) is 38.2 Å². The molecule has 0 amide bonds. The van der Waals surface area contributed by atoms with Crippen LogP contribution in [0.4, 0.5) is 0 Å². The Bertz CT molecular complexity index is 435. The van der Waals surface area contributed by atoms with Crippen LogP contribution in [0.5, 0.6) is 0 Å². The van der Waals surface area contributed by atoms with Gasteiger partial charge in [-0.25, -0.2) is 0 Å². The highest BCUT2D eigenvalue weighted by Gasteiger charge is 2.29. The van der Waals surface area contributed by atoms with Crippen LogP contribution in [0.15, 0.2) is 24.3 Å². The van der Waals surface area contributed by atoms with Crippen molar-refractivity contribution in [2.75, 3.05) is 0 Å². The van der Waals surface area contributed by atoms with Crippen LogP contribution in [0.25, 0.3) is 0 Å². The summed E-state index contributed by atoms with van der Waals surface area (Å²) in [4.78, 5) is 0. The Kier molecular flexibility index (Phi) is 9.01. The lowest BCUT2D eigenvalue weighted by Gasteiger charge is -2.37. The maximum Gasteiger partial charge on any atom is -0.0233 e. The summed E-state index contributed by atoms with van der Waals surface area (Å²) in [7, 11) is 0. The molecular formula is C27H46. The normalized spacial score (nSPS) is 38.6. The maximum absolute atomic E-state index is 2.61. The molecule has 0 saturated heterocycles. The van der Waals surface area contributed by atoms with Crippen molar-refractivity contribution in [1.82, 2.24) is 0 Å². The molecule has 0 aromatic rings. The lowest BCUT2D eigenvalue weighted by Crippen LogP contribution is -2.25. The van der Waals surface area contributed by atoms with Crippen LogP contribution < -0.4 is 0 Å². The Hall–Kier alpha value is -0.520. The fraction of sp³-hybridized carbons (Fsp3) is 0.852. The third kappa shape index (κ3) is 6.79. The standard InChI is InChI=1S/C27H46/c1-3-7-23-10-12-24(13-11-23)8-5-6-9-25-16-20-27(21-17-25)26-18-14-22(4-2)15-19-26/h3,6-7,9,22-27H,4-5,8,10-21H2,1-2H3/t22-,23-,24-,25-,26-,27-. The highest BCUT2D eigenvalue weighted by molar-refractivity contribution is 4.94. The summed E-state index contributed by atoms with van der Waals surface area (Å²) in [5.41, 5.74) is 0. The smallest absolute Gasteiger partial charge is 0.0233 e. The van der Waals surface area contributed by atoms with Gasteiger partial charge in [0.1, 0.15) is 0 Å². The third-order valence-electron chi connectivity index (χ3n) is 8.46. The van der Waals surface area contributed by atoms with E-state index in [0.29, 0.717) is 0 Å². The zero-order valence-electron chi connectivity index (χ0n) is 18.4. The second-order valence-electron chi connectivity index (χ2n) is 10.2. The molecule has 3 saturated carbocycles. The zero-order valence-corrected chi connectivity index (χ0v) is 18.4. The molecular weight excluding hydrogens is 324 g/mol. The van der Waals surface area contributed by atoms with Gasteiger partial charge in [-0.15, -0.1) is 0 Å². The maximum atomic E-state index is 2.61. The summed E-state index contributed by atoms with van der Waals surface area (Å²) in [6.45, 7) is 4.55. The minimum atomic E-state index is 0.883. The Morgan fingerprint density at radius 2 is 1.15 bits per heavy atom. The summed E-state index contributed by atoms with van der Waals surface area (Å²) in [6.07, 6.45) is 32.0. The molecule has 27 heavy (non-hydrogen) atoms. The van der Waals surface area contributed by atoms with E-state index in [1.807, 2.05) is 0 Å². The fourth-order valence-electron chi connectivity index (χ4n) is 6.44. The van der Waals surface area contributed by atoms with E-state index in [-0.39, 0.29) is 0 Å². The molecule has 3 fully saturated rings. The Balaban J connectivity index is 1.27. The molecule has 0 heterocycles. The van der Waals surface area contributed by atoms with Gasteiger partial charge < -0.3 is 0 Å². The molecule has 0 bridgehead atoms. The molecule has 0 atom stereocenters. The average Bonchev–Trinajstić information content (AvgIpc) is 2.73. The van der Waals surface area contributed by atoms with E-state index in [0.717, 1.165) is 35.5 Å². The van der Waals surface area contributed by atoms with Gasteiger partial charge in [0.25, 0.3) is 0 Å². The van der Waals surface area contributed by atoms with Crippen LogP contribution in [0.1, 0.15) is 110 Å². The van der Waals surface area contributed by atoms with E-state index in [1.54, 1.807) is 12.8 Å². The summed E-state index contributed by atoms with van der Waals surface area (Å²) in [5, 5.41) is 0. The van der Waals surface area contributed by atoms with Crippen LogP contribution in [-0.4, -0.2) is 0 Å². The van der Waals surface area contributed by atoms with Crippen LogP contribution in [0.2, 0.25) is 0 Å². The minimum absolute atomic E-state index is 0.883. The van der Waals surface area contributed by atoms with E-state index < -0.39 is 0 Å². The molecule has 0 nitrogen and oxygen atoms in total. The number of hydrogen-bond acceptors (Lipinski definition) is 0. The molecule has 0 spiro atoms. The zero-order chi connectivity index (χ0) is 18.9. The molecule has 0 N–H and O–H groups in total. The van der Waals surface area contributed by atoms with Crippen LogP contribution >= 0.6 is 0 Å². The van der Waals surface area contributed by atoms with Gasteiger partial charge in [0, 0.05) is 0 Å². The summed E-state index contributed by atoms with van der Waals surface area (Å²) in [6, 6.07) is 0. The largest absolute Gasteiger partial charge is 0.0914 e. The molecule has 0 aromatic heterocycles. The Morgan fingerprint density at radius 3 is 1.74 bits per heavy atom. The first kappa shape index (κ1) is 21.2. The van der Waals surface area contributed by atoms with Gasteiger partial charge in [0.2, 0.25) is 0 Å². The van der Waals surface area contributed by atoms with Crippen molar-refractivity contribution in [2.45, 2.75) is 110 Å². The lowest BCUT2D eigenvalue weighted by atomic mass is 9.69. The summed E-state index contributed by atoms with van der Waals surface area (Å²) < 4.78 is 0. The van der Waals surface area contributed by atoms with E-state index >= 15 is 0 Å². The van der Waals surface area contributed by atoms with Crippen molar-refractivity contribution in [1.29, 1.82) is 0 Å². The van der Waals surface area contributed by atoms with E-state index in [9.17, 15) is 0 Å². The van der Waals surface area contributed by atoms with Gasteiger partial charge in [-0.05, 0) is 119 Å². The van der Waals surface area contributed by atoms with Crippen LogP contribution in [-0.2, 0) is 0 Å². The predicted octanol–water partition coefficient (Wildman–Crippen LogP) is 8.73. The molecule has 0 radical (unpaired) electrons. The van der Waals surface area contributed by atoms with Crippen molar-refractivity contribution in [2.24, 2.45) is 35.5 Å². The topological polar surface area (TPSA) is 0 Å². The van der Waals surface area contributed by atoms with Gasteiger partial charge in [-0.3, -0.25) is 0 Å². The Morgan fingerprint density at radius 1 is 0.630 bits per heavy atom. The highest BCUT2D eigenvalue weighted by atomic mass is 14.3. The van der Waals surface area contributed by atoms with E-state index in [1.165, 1.54) is 83.5 Å². The van der Waals surface area contributed by atoms with Crippen LogP contribution in [0, 0.1) is 35.5 Å². The van der Waals surface area contributed by atoms with Crippen molar-refractivity contribution >= 4 is 0 Å². The number of hydrogen-bond donors (Lipinski definition) is 0.